The molecular weight excluding hydrogens is 307 g/mol. The van der Waals surface area contributed by atoms with E-state index in [9.17, 15) is 4.39 Å². The Hall–Kier alpha value is -0.450. The number of rotatable bonds is 8. The van der Waals surface area contributed by atoms with E-state index in [1.54, 1.807) is 6.07 Å². The molecule has 0 radical (unpaired) electrons. The Balaban J connectivity index is 2.81. The molecular formula is C15H24BrFN2. The summed E-state index contributed by atoms with van der Waals surface area (Å²) >= 11 is 3.39. The zero-order chi connectivity index (χ0) is 14.3. The molecule has 0 fully saturated rings. The summed E-state index contributed by atoms with van der Waals surface area (Å²) < 4.78 is 14.7. The molecule has 1 rings (SSSR count). The zero-order valence-electron chi connectivity index (χ0n) is 11.8. The number of nitrogens with two attached hydrogens (primary N) is 1. The lowest BCUT2D eigenvalue weighted by Gasteiger charge is -2.26. The van der Waals surface area contributed by atoms with Gasteiger partial charge in [0.15, 0.2) is 0 Å². The molecule has 0 amide bonds. The quantitative estimate of drug-likeness (QED) is 0.554. The lowest BCUT2D eigenvalue weighted by Crippen LogP contribution is -2.42. The monoisotopic (exact) mass is 330 g/mol. The Kier molecular flexibility index (Phi) is 7.57. The predicted octanol–water partition coefficient (Wildman–Crippen LogP) is 4.18. The van der Waals surface area contributed by atoms with Gasteiger partial charge in [0.05, 0.1) is 0 Å². The van der Waals surface area contributed by atoms with Crippen LogP contribution >= 0.6 is 15.9 Å². The van der Waals surface area contributed by atoms with Crippen molar-refractivity contribution >= 4 is 15.9 Å². The fourth-order valence-corrected chi connectivity index (χ4v) is 3.00. The Bertz CT molecular complexity index is 378. The minimum Gasteiger partial charge on any atom is -0.271 e. The molecule has 2 nitrogen and oxygen atoms in total. The Morgan fingerprint density at radius 2 is 1.89 bits per heavy atom. The van der Waals surface area contributed by atoms with Crippen LogP contribution < -0.4 is 11.3 Å². The van der Waals surface area contributed by atoms with Gasteiger partial charge >= 0.3 is 0 Å². The van der Waals surface area contributed by atoms with Crippen molar-refractivity contribution in [2.24, 2.45) is 11.8 Å². The standard InChI is InChI=1S/C15H24BrFN2/c1-3-5-11(6-4-2)15(19-18)10-12-9-13(16)7-8-14(12)17/h7-9,11,15,19H,3-6,10,18H2,1-2H3. The lowest BCUT2D eigenvalue weighted by molar-refractivity contribution is 0.309. The Morgan fingerprint density at radius 1 is 1.26 bits per heavy atom. The van der Waals surface area contributed by atoms with E-state index in [2.05, 4.69) is 35.2 Å². The van der Waals surface area contributed by atoms with Gasteiger partial charge in [-0.2, -0.15) is 0 Å². The molecule has 4 heteroatoms. The zero-order valence-corrected chi connectivity index (χ0v) is 13.3. The van der Waals surface area contributed by atoms with Gasteiger partial charge in [-0.25, -0.2) is 4.39 Å². The van der Waals surface area contributed by atoms with Crippen molar-refractivity contribution in [1.82, 2.24) is 5.43 Å². The largest absolute Gasteiger partial charge is 0.271 e. The van der Waals surface area contributed by atoms with Gasteiger partial charge in [-0.1, -0.05) is 42.6 Å². The molecule has 3 N–H and O–H groups in total. The van der Waals surface area contributed by atoms with Gasteiger partial charge in [0.25, 0.3) is 0 Å². The van der Waals surface area contributed by atoms with Gasteiger partial charge in [0.1, 0.15) is 5.82 Å². The van der Waals surface area contributed by atoms with Gasteiger partial charge in [0, 0.05) is 10.5 Å². The van der Waals surface area contributed by atoms with Crippen LogP contribution in [0.25, 0.3) is 0 Å². The molecule has 0 spiro atoms. The smallest absolute Gasteiger partial charge is 0.126 e. The summed E-state index contributed by atoms with van der Waals surface area (Å²) in [5.74, 6) is 6.03. The number of hydrogen-bond acceptors (Lipinski definition) is 2. The second-order valence-electron chi connectivity index (χ2n) is 5.05. The highest BCUT2D eigenvalue weighted by atomic mass is 79.9. The van der Waals surface area contributed by atoms with Crippen LogP contribution in [0.3, 0.4) is 0 Å². The third-order valence-electron chi connectivity index (χ3n) is 3.55. The van der Waals surface area contributed by atoms with Crippen LogP contribution in [0.5, 0.6) is 0 Å². The SMILES string of the molecule is CCCC(CCC)C(Cc1cc(Br)ccc1F)NN. The molecule has 0 saturated heterocycles. The molecule has 0 bridgehead atoms. The first-order chi connectivity index (χ1) is 9.12. The van der Waals surface area contributed by atoms with Crippen LogP contribution in [0.2, 0.25) is 0 Å². The molecule has 0 aliphatic rings. The van der Waals surface area contributed by atoms with Crippen LogP contribution in [0.1, 0.15) is 45.1 Å². The number of halogens is 2. The summed E-state index contributed by atoms with van der Waals surface area (Å²) in [5.41, 5.74) is 3.60. The van der Waals surface area contributed by atoms with E-state index < -0.39 is 0 Å². The van der Waals surface area contributed by atoms with Crippen LogP contribution in [0, 0.1) is 11.7 Å². The van der Waals surface area contributed by atoms with Crippen LogP contribution in [0.15, 0.2) is 22.7 Å². The molecule has 1 aromatic rings. The van der Waals surface area contributed by atoms with Crippen LogP contribution in [-0.2, 0) is 6.42 Å². The van der Waals surface area contributed by atoms with Crippen molar-refractivity contribution in [3.63, 3.8) is 0 Å². The molecule has 0 saturated carbocycles. The van der Waals surface area contributed by atoms with Crippen molar-refractivity contribution in [2.45, 2.75) is 52.0 Å². The van der Waals surface area contributed by atoms with Gasteiger partial charge in [-0.05, 0) is 48.9 Å². The number of hydrogen-bond donors (Lipinski definition) is 2. The summed E-state index contributed by atoms with van der Waals surface area (Å²) in [5, 5.41) is 0. The summed E-state index contributed by atoms with van der Waals surface area (Å²) in [6.07, 6.45) is 5.14. The molecule has 0 heterocycles. The lowest BCUT2D eigenvalue weighted by atomic mass is 9.87. The summed E-state index contributed by atoms with van der Waals surface area (Å²) in [7, 11) is 0. The van der Waals surface area contributed by atoms with Crippen molar-refractivity contribution in [3.05, 3.63) is 34.1 Å². The number of benzene rings is 1. The molecule has 1 aromatic carbocycles. The molecule has 1 atom stereocenters. The van der Waals surface area contributed by atoms with Gasteiger partial charge < -0.3 is 0 Å². The van der Waals surface area contributed by atoms with E-state index in [4.69, 9.17) is 5.84 Å². The fraction of sp³-hybridized carbons (Fsp3) is 0.600. The highest BCUT2D eigenvalue weighted by molar-refractivity contribution is 9.10. The van der Waals surface area contributed by atoms with E-state index in [1.807, 2.05) is 6.07 Å². The molecule has 0 aromatic heterocycles. The van der Waals surface area contributed by atoms with E-state index in [1.165, 1.54) is 6.07 Å². The summed E-state index contributed by atoms with van der Waals surface area (Å²) in [6.45, 7) is 4.35. The van der Waals surface area contributed by atoms with E-state index in [-0.39, 0.29) is 11.9 Å². The first kappa shape index (κ1) is 16.6. The second kappa shape index (κ2) is 8.67. The van der Waals surface area contributed by atoms with Gasteiger partial charge in [-0.3, -0.25) is 11.3 Å². The third-order valence-corrected chi connectivity index (χ3v) is 4.04. The van der Waals surface area contributed by atoms with Gasteiger partial charge in [0.2, 0.25) is 0 Å². The van der Waals surface area contributed by atoms with Crippen molar-refractivity contribution in [1.29, 1.82) is 0 Å². The molecule has 108 valence electrons. The molecule has 0 aliphatic heterocycles. The van der Waals surface area contributed by atoms with Crippen LogP contribution in [0.4, 0.5) is 4.39 Å². The average molecular weight is 331 g/mol. The van der Waals surface area contributed by atoms with Crippen molar-refractivity contribution in [3.8, 4) is 0 Å². The van der Waals surface area contributed by atoms with Crippen LogP contribution in [-0.4, -0.2) is 6.04 Å². The Morgan fingerprint density at radius 3 is 2.42 bits per heavy atom. The van der Waals surface area contributed by atoms with E-state index in [0.717, 1.165) is 35.7 Å². The number of nitrogens with one attached hydrogen (secondary N) is 1. The normalized spacial score (nSPS) is 12.9. The summed E-state index contributed by atoms with van der Waals surface area (Å²) in [6, 6.07) is 5.19. The topological polar surface area (TPSA) is 38.0 Å². The maximum Gasteiger partial charge on any atom is 0.126 e. The van der Waals surface area contributed by atoms with E-state index >= 15 is 0 Å². The second-order valence-corrected chi connectivity index (χ2v) is 5.97. The van der Waals surface area contributed by atoms with Crippen molar-refractivity contribution < 1.29 is 4.39 Å². The predicted molar refractivity (Wildman–Crippen MR) is 82.2 cm³/mol. The van der Waals surface area contributed by atoms with E-state index in [0.29, 0.717) is 12.3 Å². The Labute approximate surface area is 124 Å². The average Bonchev–Trinajstić information content (AvgIpc) is 2.39. The first-order valence-electron chi connectivity index (χ1n) is 7.02. The first-order valence-corrected chi connectivity index (χ1v) is 7.81. The maximum absolute atomic E-state index is 13.8. The minimum atomic E-state index is -0.157. The minimum absolute atomic E-state index is 0.128. The maximum atomic E-state index is 13.8. The highest BCUT2D eigenvalue weighted by Crippen LogP contribution is 2.23. The molecule has 0 aliphatic carbocycles. The van der Waals surface area contributed by atoms with Gasteiger partial charge in [-0.15, -0.1) is 0 Å². The van der Waals surface area contributed by atoms with Crippen molar-refractivity contribution in [2.75, 3.05) is 0 Å². The fourth-order valence-electron chi connectivity index (χ4n) is 2.59. The third kappa shape index (κ3) is 5.21. The summed E-state index contributed by atoms with van der Waals surface area (Å²) in [4.78, 5) is 0. The molecule has 1 unspecified atom stereocenters. The molecule has 19 heavy (non-hydrogen) atoms. The highest BCUT2D eigenvalue weighted by Gasteiger charge is 2.20. The number of hydrazine groups is 1.